The van der Waals surface area contributed by atoms with Gasteiger partial charge in [0.15, 0.2) is 0 Å². The van der Waals surface area contributed by atoms with Crippen molar-refractivity contribution in [3.05, 3.63) is 261 Å². The number of nitrogens with zero attached hydrogens (tertiary/aromatic N) is 3. The molecule has 0 aliphatic heterocycles. The van der Waals surface area contributed by atoms with Crippen LogP contribution >= 0.6 is 0 Å². The summed E-state index contributed by atoms with van der Waals surface area (Å²) in [4.78, 5) is 2.35. The molecular weight excluding hydrogens is 851 g/mol. The van der Waals surface area contributed by atoms with Crippen molar-refractivity contribution in [3.63, 3.8) is 0 Å². The topological polar surface area (TPSA) is 26.2 Å². The maximum Gasteiger partial charge on any atom is 0.135 e. The number of aromatic nitrogens is 2. The second-order valence-corrected chi connectivity index (χ2v) is 18.1. The van der Waals surface area contributed by atoms with Crippen molar-refractivity contribution in [2.45, 2.75) is 0 Å². The summed E-state index contributed by atoms with van der Waals surface area (Å²) in [6.45, 7) is 0. The third-order valence-corrected chi connectivity index (χ3v) is 14.1. The summed E-state index contributed by atoms with van der Waals surface area (Å²) < 4.78 is 11.1. The van der Waals surface area contributed by atoms with Crippen LogP contribution < -0.4 is 4.90 Å². The molecule has 328 valence electrons. The van der Waals surface area contributed by atoms with Gasteiger partial charge in [-0.2, -0.15) is 0 Å². The van der Waals surface area contributed by atoms with Crippen LogP contribution in [0.4, 0.5) is 17.1 Å². The second-order valence-electron chi connectivity index (χ2n) is 18.1. The Kier molecular flexibility index (Phi) is 9.17. The van der Waals surface area contributed by atoms with E-state index in [2.05, 4.69) is 263 Å². The molecule has 3 aromatic heterocycles. The van der Waals surface area contributed by atoms with Gasteiger partial charge in [0.2, 0.25) is 0 Å². The molecular formula is C66H43N3O. The average Bonchev–Trinajstić information content (AvgIpc) is 4.09. The van der Waals surface area contributed by atoms with Crippen LogP contribution in [0.1, 0.15) is 0 Å². The molecule has 0 amide bonds. The fourth-order valence-corrected chi connectivity index (χ4v) is 10.8. The standard InChI is InChI=1S/C66H43N3O/c1-3-13-44(14-4-1)46-23-30-50(31-24-46)67(51-32-25-47(26-33-51)45-15-5-2-6-16-45)52-34-27-48(28-35-52)49-29-39-63-59(41-49)56-18-8-11-21-62(56)68(63)54-36-38-57-55-17-7-10-20-61(55)69(64(57)43-54)53-37-40-66-60(42-53)58-19-9-12-22-65(58)70-66/h1-43H. The van der Waals surface area contributed by atoms with E-state index < -0.39 is 0 Å². The van der Waals surface area contributed by atoms with Gasteiger partial charge in [-0.05, 0) is 130 Å². The molecule has 0 bridgehead atoms. The molecule has 0 aliphatic rings. The van der Waals surface area contributed by atoms with Crippen LogP contribution in [0.5, 0.6) is 0 Å². The van der Waals surface area contributed by atoms with Crippen molar-refractivity contribution in [2.24, 2.45) is 0 Å². The largest absolute Gasteiger partial charge is 0.456 e. The van der Waals surface area contributed by atoms with E-state index in [4.69, 9.17) is 4.42 Å². The van der Waals surface area contributed by atoms with E-state index in [1.54, 1.807) is 0 Å². The summed E-state index contributed by atoms with van der Waals surface area (Å²) in [7, 11) is 0. The summed E-state index contributed by atoms with van der Waals surface area (Å²) in [6.07, 6.45) is 0. The van der Waals surface area contributed by atoms with Gasteiger partial charge < -0.3 is 18.5 Å². The lowest BCUT2D eigenvalue weighted by molar-refractivity contribution is 0.669. The zero-order chi connectivity index (χ0) is 46.1. The molecule has 0 spiro atoms. The van der Waals surface area contributed by atoms with Crippen molar-refractivity contribution in [1.82, 2.24) is 9.13 Å². The zero-order valence-electron chi connectivity index (χ0n) is 38.1. The lowest BCUT2D eigenvalue weighted by atomic mass is 10.0. The monoisotopic (exact) mass is 893 g/mol. The summed E-state index contributed by atoms with van der Waals surface area (Å²) in [5, 5.41) is 7.12. The third kappa shape index (κ3) is 6.53. The minimum absolute atomic E-state index is 0.893. The summed E-state index contributed by atoms with van der Waals surface area (Å²) >= 11 is 0. The van der Waals surface area contributed by atoms with E-state index in [9.17, 15) is 0 Å². The molecule has 0 saturated heterocycles. The Bertz CT molecular complexity index is 4170. The highest BCUT2D eigenvalue weighted by molar-refractivity contribution is 6.13. The van der Waals surface area contributed by atoms with Crippen molar-refractivity contribution < 1.29 is 4.42 Å². The van der Waals surface area contributed by atoms with Crippen LogP contribution in [0.2, 0.25) is 0 Å². The maximum atomic E-state index is 6.25. The maximum absolute atomic E-state index is 6.25. The van der Waals surface area contributed by atoms with E-state index in [-0.39, 0.29) is 0 Å². The van der Waals surface area contributed by atoms with E-state index in [1.807, 2.05) is 12.1 Å². The fraction of sp³-hybridized carbons (Fsp3) is 0. The second kappa shape index (κ2) is 16.2. The van der Waals surface area contributed by atoms with Crippen molar-refractivity contribution >= 4 is 82.6 Å². The minimum Gasteiger partial charge on any atom is -0.456 e. The minimum atomic E-state index is 0.893. The van der Waals surface area contributed by atoms with E-state index in [0.29, 0.717) is 0 Å². The van der Waals surface area contributed by atoms with Crippen LogP contribution in [-0.2, 0) is 0 Å². The SMILES string of the molecule is c1ccc(-c2ccc(N(c3ccc(-c4ccccc4)cc3)c3ccc(-c4ccc5c(c4)c4ccccc4n5-c4ccc5c6ccccc6n(-c6ccc7oc8ccccc8c7c6)c5c4)cc3)cc2)cc1. The molecule has 70 heavy (non-hydrogen) atoms. The van der Waals surface area contributed by atoms with Gasteiger partial charge in [-0.25, -0.2) is 0 Å². The molecule has 4 nitrogen and oxygen atoms in total. The number of benzene rings is 11. The first kappa shape index (κ1) is 39.8. The van der Waals surface area contributed by atoms with Crippen LogP contribution in [0.25, 0.3) is 110 Å². The normalized spacial score (nSPS) is 11.7. The molecule has 0 atom stereocenters. The van der Waals surface area contributed by atoms with E-state index in [1.165, 1.54) is 65.9 Å². The first-order chi connectivity index (χ1) is 34.7. The molecule has 0 aliphatic carbocycles. The predicted octanol–water partition coefficient (Wildman–Crippen LogP) is 18.3. The van der Waals surface area contributed by atoms with Gasteiger partial charge in [-0.15, -0.1) is 0 Å². The van der Waals surface area contributed by atoms with Gasteiger partial charge in [-0.1, -0.05) is 164 Å². The Morgan fingerprint density at radius 3 is 1.27 bits per heavy atom. The molecule has 11 aromatic carbocycles. The lowest BCUT2D eigenvalue weighted by Gasteiger charge is -2.26. The smallest absolute Gasteiger partial charge is 0.135 e. The van der Waals surface area contributed by atoms with Gasteiger partial charge in [0.25, 0.3) is 0 Å². The Hall–Kier alpha value is -9.38. The van der Waals surface area contributed by atoms with Gasteiger partial charge in [0.1, 0.15) is 11.2 Å². The van der Waals surface area contributed by atoms with E-state index in [0.717, 1.165) is 61.5 Å². The Morgan fingerprint density at radius 2 is 0.657 bits per heavy atom. The Balaban J connectivity index is 0.855. The number of rotatable bonds is 8. The van der Waals surface area contributed by atoms with Crippen LogP contribution in [-0.4, -0.2) is 9.13 Å². The highest BCUT2D eigenvalue weighted by atomic mass is 16.3. The van der Waals surface area contributed by atoms with Crippen LogP contribution in [0.15, 0.2) is 265 Å². The number of hydrogen-bond acceptors (Lipinski definition) is 2. The molecule has 0 radical (unpaired) electrons. The number of hydrogen-bond donors (Lipinski definition) is 0. The molecule has 14 aromatic rings. The van der Waals surface area contributed by atoms with Gasteiger partial charge in [0, 0.05) is 60.8 Å². The molecule has 0 N–H and O–H groups in total. The molecule has 0 unspecified atom stereocenters. The molecule has 4 heteroatoms. The van der Waals surface area contributed by atoms with Crippen molar-refractivity contribution in [3.8, 4) is 44.8 Å². The third-order valence-electron chi connectivity index (χ3n) is 14.1. The fourth-order valence-electron chi connectivity index (χ4n) is 10.8. The molecule has 3 heterocycles. The quantitative estimate of drug-likeness (QED) is 0.152. The summed E-state index contributed by atoms with van der Waals surface area (Å²) in [5.74, 6) is 0. The summed E-state index contributed by atoms with van der Waals surface area (Å²) in [6, 6.07) is 94.2. The van der Waals surface area contributed by atoms with Crippen LogP contribution in [0, 0.1) is 0 Å². The van der Waals surface area contributed by atoms with E-state index >= 15 is 0 Å². The van der Waals surface area contributed by atoms with Gasteiger partial charge in [0.05, 0.1) is 22.1 Å². The number of anilines is 3. The first-order valence-electron chi connectivity index (χ1n) is 23.9. The van der Waals surface area contributed by atoms with Gasteiger partial charge in [-0.3, -0.25) is 0 Å². The molecule has 14 rings (SSSR count). The van der Waals surface area contributed by atoms with Gasteiger partial charge >= 0.3 is 0 Å². The molecule has 0 saturated carbocycles. The number of fused-ring (bicyclic) bond motifs is 9. The van der Waals surface area contributed by atoms with Crippen molar-refractivity contribution in [1.29, 1.82) is 0 Å². The number of furan rings is 1. The summed E-state index contributed by atoms with van der Waals surface area (Å²) in [5.41, 5.74) is 19.1. The molecule has 0 fully saturated rings. The highest BCUT2D eigenvalue weighted by Crippen LogP contribution is 2.41. The first-order valence-corrected chi connectivity index (χ1v) is 23.9. The van der Waals surface area contributed by atoms with Crippen molar-refractivity contribution in [2.75, 3.05) is 4.90 Å². The Morgan fingerprint density at radius 1 is 0.243 bits per heavy atom. The highest BCUT2D eigenvalue weighted by Gasteiger charge is 2.19. The zero-order valence-corrected chi connectivity index (χ0v) is 38.1. The predicted molar refractivity (Wildman–Crippen MR) is 293 cm³/mol. The average molecular weight is 894 g/mol. The lowest BCUT2D eigenvalue weighted by Crippen LogP contribution is -2.09. The Labute approximate surface area is 404 Å². The van der Waals surface area contributed by atoms with Crippen LogP contribution in [0.3, 0.4) is 0 Å². The number of para-hydroxylation sites is 3.